The fourth-order valence-electron chi connectivity index (χ4n) is 2.19. The summed E-state index contributed by atoms with van der Waals surface area (Å²) < 4.78 is 42.4. The summed E-state index contributed by atoms with van der Waals surface area (Å²) in [6.45, 7) is 2.63. The van der Waals surface area contributed by atoms with Crippen molar-refractivity contribution in [3.8, 4) is 0 Å². The summed E-state index contributed by atoms with van der Waals surface area (Å²) in [5.74, 6) is 0.591. The Labute approximate surface area is 109 Å². The molecule has 1 unspecified atom stereocenters. The number of halogens is 3. The number of aryl methyl sites for hydroxylation is 1. The van der Waals surface area contributed by atoms with Gasteiger partial charge in [-0.1, -0.05) is 25.1 Å². The summed E-state index contributed by atoms with van der Waals surface area (Å²) in [7, 11) is 0. The summed E-state index contributed by atoms with van der Waals surface area (Å²) in [4.78, 5) is 0. The number of furan rings is 1. The van der Waals surface area contributed by atoms with Gasteiger partial charge in [0.15, 0.2) is 0 Å². The summed E-state index contributed by atoms with van der Waals surface area (Å²) in [6.07, 6.45) is -3.49. The van der Waals surface area contributed by atoms with Crippen LogP contribution in [-0.4, -0.2) is 12.7 Å². The second-order valence-corrected chi connectivity index (χ2v) is 4.51. The molecule has 2 aromatic rings. The molecule has 0 amide bonds. The number of hydrogen-bond acceptors (Lipinski definition) is 2. The van der Waals surface area contributed by atoms with Gasteiger partial charge in [0.05, 0.1) is 12.6 Å². The maximum absolute atomic E-state index is 12.2. The maximum atomic E-state index is 12.2. The van der Waals surface area contributed by atoms with Gasteiger partial charge in [-0.05, 0) is 19.4 Å². The smallest absolute Gasteiger partial charge is 0.401 e. The third-order valence-electron chi connectivity index (χ3n) is 3.09. The van der Waals surface area contributed by atoms with Gasteiger partial charge in [-0.2, -0.15) is 13.2 Å². The average Bonchev–Trinajstić information content (AvgIpc) is 2.73. The standard InChI is InChI=1S/C14H16F3NO/c1-3-10-11-6-4-5-7-12(11)19-13(10)9(2)18-8-14(15,16)17/h4-7,9,18H,3,8H2,1-2H3. The normalized spacial score (nSPS) is 13.9. The molecule has 0 aliphatic heterocycles. The summed E-state index contributed by atoms with van der Waals surface area (Å²) >= 11 is 0. The van der Waals surface area contributed by atoms with E-state index >= 15 is 0 Å². The number of para-hydroxylation sites is 1. The third kappa shape index (κ3) is 3.10. The molecule has 0 radical (unpaired) electrons. The molecule has 2 nitrogen and oxygen atoms in total. The lowest BCUT2D eigenvalue weighted by molar-refractivity contribution is -0.126. The number of benzene rings is 1. The Balaban J connectivity index is 2.28. The van der Waals surface area contributed by atoms with Crippen molar-refractivity contribution in [2.24, 2.45) is 0 Å². The van der Waals surface area contributed by atoms with Crippen molar-refractivity contribution in [3.05, 3.63) is 35.6 Å². The van der Waals surface area contributed by atoms with Crippen LogP contribution in [0, 0.1) is 0 Å². The van der Waals surface area contributed by atoms with Crippen LogP contribution in [-0.2, 0) is 6.42 Å². The molecule has 104 valence electrons. The monoisotopic (exact) mass is 271 g/mol. The Hall–Kier alpha value is -1.49. The highest BCUT2D eigenvalue weighted by atomic mass is 19.4. The van der Waals surface area contributed by atoms with E-state index in [1.54, 1.807) is 6.92 Å². The first-order valence-corrected chi connectivity index (χ1v) is 6.23. The Bertz CT molecular complexity index is 559. The van der Waals surface area contributed by atoms with Gasteiger partial charge in [0, 0.05) is 10.9 Å². The molecule has 0 aliphatic rings. The molecule has 1 atom stereocenters. The number of hydrogen-bond donors (Lipinski definition) is 1. The van der Waals surface area contributed by atoms with E-state index in [9.17, 15) is 13.2 Å². The quantitative estimate of drug-likeness (QED) is 0.901. The second kappa shape index (κ2) is 5.25. The van der Waals surface area contributed by atoms with Crippen LogP contribution in [0.25, 0.3) is 11.0 Å². The SMILES string of the molecule is CCc1c(C(C)NCC(F)(F)F)oc2ccccc12. The van der Waals surface area contributed by atoms with Crippen LogP contribution in [0.4, 0.5) is 13.2 Å². The minimum absolute atomic E-state index is 0.469. The van der Waals surface area contributed by atoms with Crippen molar-refractivity contribution in [3.63, 3.8) is 0 Å². The first-order chi connectivity index (χ1) is 8.92. The molecule has 2 rings (SSSR count). The molecule has 0 saturated carbocycles. The van der Waals surface area contributed by atoms with E-state index in [1.807, 2.05) is 31.2 Å². The van der Waals surface area contributed by atoms with Crippen LogP contribution >= 0.6 is 0 Å². The van der Waals surface area contributed by atoms with Crippen molar-refractivity contribution >= 4 is 11.0 Å². The van der Waals surface area contributed by atoms with E-state index < -0.39 is 18.8 Å². The lowest BCUT2D eigenvalue weighted by atomic mass is 10.1. The second-order valence-electron chi connectivity index (χ2n) is 4.51. The molecular formula is C14H16F3NO. The molecule has 0 bridgehead atoms. The van der Waals surface area contributed by atoms with Crippen molar-refractivity contribution in [2.45, 2.75) is 32.5 Å². The number of nitrogens with one attached hydrogen (secondary N) is 1. The lowest BCUT2D eigenvalue weighted by Gasteiger charge is -2.14. The van der Waals surface area contributed by atoms with Crippen molar-refractivity contribution < 1.29 is 17.6 Å². The van der Waals surface area contributed by atoms with E-state index in [1.165, 1.54) is 0 Å². The van der Waals surface area contributed by atoms with Gasteiger partial charge < -0.3 is 4.42 Å². The fourth-order valence-corrected chi connectivity index (χ4v) is 2.19. The van der Waals surface area contributed by atoms with E-state index in [0.717, 1.165) is 23.0 Å². The molecule has 0 aliphatic carbocycles. The van der Waals surface area contributed by atoms with Gasteiger partial charge in [-0.15, -0.1) is 0 Å². The Kier molecular flexibility index (Phi) is 3.85. The number of alkyl halides is 3. The first kappa shape index (κ1) is 13.9. The van der Waals surface area contributed by atoms with Gasteiger partial charge >= 0.3 is 6.18 Å². The summed E-state index contributed by atoms with van der Waals surface area (Å²) in [6, 6.07) is 7.04. The predicted molar refractivity (Wildman–Crippen MR) is 68.1 cm³/mol. The van der Waals surface area contributed by atoms with E-state index in [0.29, 0.717) is 5.76 Å². The van der Waals surface area contributed by atoms with Crippen LogP contribution in [0.1, 0.15) is 31.2 Å². The number of fused-ring (bicyclic) bond motifs is 1. The summed E-state index contributed by atoms with van der Waals surface area (Å²) in [5, 5.41) is 3.43. The van der Waals surface area contributed by atoms with Crippen LogP contribution in [0.2, 0.25) is 0 Å². The zero-order chi connectivity index (χ0) is 14.0. The molecule has 1 aromatic carbocycles. The zero-order valence-electron chi connectivity index (χ0n) is 10.8. The Morgan fingerprint density at radius 1 is 1.26 bits per heavy atom. The molecule has 1 heterocycles. The summed E-state index contributed by atoms with van der Waals surface area (Å²) in [5.41, 5.74) is 1.69. The molecule has 0 saturated heterocycles. The van der Waals surface area contributed by atoms with Crippen LogP contribution < -0.4 is 5.32 Å². The van der Waals surface area contributed by atoms with E-state index in [2.05, 4.69) is 5.32 Å². The molecule has 5 heteroatoms. The van der Waals surface area contributed by atoms with Crippen LogP contribution in [0.3, 0.4) is 0 Å². The highest BCUT2D eigenvalue weighted by Gasteiger charge is 2.28. The van der Waals surface area contributed by atoms with Gasteiger partial charge in [0.1, 0.15) is 11.3 Å². The zero-order valence-corrected chi connectivity index (χ0v) is 10.8. The highest BCUT2D eigenvalue weighted by Crippen LogP contribution is 2.30. The van der Waals surface area contributed by atoms with Crippen molar-refractivity contribution in [1.29, 1.82) is 0 Å². The van der Waals surface area contributed by atoms with Crippen LogP contribution in [0.5, 0.6) is 0 Å². The lowest BCUT2D eigenvalue weighted by Crippen LogP contribution is -2.31. The maximum Gasteiger partial charge on any atom is 0.401 e. The Morgan fingerprint density at radius 2 is 1.95 bits per heavy atom. The molecular weight excluding hydrogens is 255 g/mol. The minimum atomic E-state index is -4.22. The van der Waals surface area contributed by atoms with Crippen LogP contribution in [0.15, 0.2) is 28.7 Å². The van der Waals surface area contributed by atoms with Gasteiger partial charge in [0.25, 0.3) is 0 Å². The highest BCUT2D eigenvalue weighted by molar-refractivity contribution is 5.82. The fraction of sp³-hybridized carbons (Fsp3) is 0.429. The van der Waals surface area contributed by atoms with Gasteiger partial charge in [-0.3, -0.25) is 5.32 Å². The van der Waals surface area contributed by atoms with E-state index in [4.69, 9.17) is 4.42 Å². The van der Waals surface area contributed by atoms with Crippen molar-refractivity contribution in [1.82, 2.24) is 5.32 Å². The molecule has 19 heavy (non-hydrogen) atoms. The Morgan fingerprint density at radius 3 is 2.58 bits per heavy atom. The average molecular weight is 271 g/mol. The molecule has 1 aromatic heterocycles. The number of rotatable bonds is 4. The first-order valence-electron chi connectivity index (χ1n) is 6.23. The van der Waals surface area contributed by atoms with Gasteiger partial charge in [-0.25, -0.2) is 0 Å². The topological polar surface area (TPSA) is 25.2 Å². The predicted octanol–water partition coefficient (Wildman–Crippen LogP) is 4.21. The largest absolute Gasteiger partial charge is 0.459 e. The van der Waals surface area contributed by atoms with Crippen molar-refractivity contribution in [2.75, 3.05) is 6.54 Å². The third-order valence-corrected chi connectivity index (χ3v) is 3.09. The van der Waals surface area contributed by atoms with Gasteiger partial charge in [0.2, 0.25) is 0 Å². The molecule has 0 spiro atoms. The minimum Gasteiger partial charge on any atom is -0.459 e. The molecule has 0 fully saturated rings. The molecule has 1 N–H and O–H groups in total. The van der Waals surface area contributed by atoms with E-state index in [-0.39, 0.29) is 0 Å².